The van der Waals surface area contributed by atoms with Crippen molar-refractivity contribution in [2.45, 2.75) is 45.4 Å². The molecule has 0 unspecified atom stereocenters. The van der Waals surface area contributed by atoms with Crippen molar-refractivity contribution in [3.8, 4) is 0 Å². The zero-order valence-electron chi connectivity index (χ0n) is 14.9. The molecule has 1 aliphatic heterocycles. The Labute approximate surface area is 143 Å². The molecule has 134 valence electrons. The molecule has 0 amide bonds. The summed E-state index contributed by atoms with van der Waals surface area (Å²) in [5, 5.41) is 20.5. The lowest BCUT2D eigenvalue weighted by molar-refractivity contribution is -0.0983. The molecule has 1 aromatic rings. The van der Waals surface area contributed by atoms with Crippen molar-refractivity contribution in [2.75, 3.05) is 26.3 Å². The Hall–Kier alpha value is -0.985. The van der Waals surface area contributed by atoms with Crippen LogP contribution in [-0.2, 0) is 15.9 Å². The Morgan fingerprint density at radius 3 is 2.46 bits per heavy atom. The van der Waals surface area contributed by atoms with Gasteiger partial charge in [0.2, 0.25) is 0 Å². The molecule has 24 heavy (non-hydrogen) atoms. The highest BCUT2D eigenvalue weighted by Crippen LogP contribution is 2.25. The van der Waals surface area contributed by atoms with Crippen LogP contribution in [0.5, 0.6) is 0 Å². The third-order valence-corrected chi connectivity index (χ3v) is 4.75. The first-order valence-electron chi connectivity index (χ1n) is 8.27. The third kappa shape index (κ3) is 4.55. The van der Waals surface area contributed by atoms with Crippen LogP contribution in [0.4, 0.5) is 4.39 Å². The maximum absolute atomic E-state index is 14.8. The molecule has 7 heteroatoms. The fourth-order valence-electron chi connectivity index (χ4n) is 2.40. The van der Waals surface area contributed by atoms with Crippen LogP contribution in [0.15, 0.2) is 18.2 Å². The topological polar surface area (TPSA) is 62.2 Å². The van der Waals surface area contributed by atoms with Gasteiger partial charge in [0, 0.05) is 30.7 Å². The molecule has 1 aromatic carbocycles. The molecule has 0 aromatic heterocycles. The second-order valence-electron chi connectivity index (χ2n) is 7.25. The molecule has 0 radical (unpaired) electrons. The first kappa shape index (κ1) is 19.3. The maximum Gasteiger partial charge on any atom is 0.494 e. The van der Waals surface area contributed by atoms with Crippen LogP contribution in [-0.4, -0.2) is 59.7 Å². The fourth-order valence-corrected chi connectivity index (χ4v) is 2.40. The molecule has 2 rings (SSSR count). The van der Waals surface area contributed by atoms with E-state index in [0.29, 0.717) is 25.3 Å². The highest BCUT2D eigenvalue weighted by atomic mass is 19.1. The van der Waals surface area contributed by atoms with Gasteiger partial charge >= 0.3 is 7.12 Å². The molecule has 1 fully saturated rings. The van der Waals surface area contributed by atoms with Crippen molar-refractivity contribution >= 4 is 12.6 Å². The lowest BCUT2D eigenvalue weighted by Gasteiger charge is -2.38. The van der Waals surface area contributed by atoms with Crippen molar-refractivity contribution in [3.05, 3.63) is 29.6 Å². The van der Waals surface area contributed by atoms with Crippen LogP contribution in [0.3, 0.4) is 0 Å². The Morgan fingerprint density at radius 1 is 1.25 bits per heavy atom. The van der Waals surface area contributed by atoms with Crippen molar-refractivity contribution in [1.29, 1.82) is 0 Å². The van der Waals surface area contributed by atoms with E-state index in [1.807, 2.05) is 0 Å². The summed E-state index contributed by atoms with van der Waals surface area (Å²) in [5.41, 5.74) is -1.63. The number of rotatable bonds is 6. The Bertz CT molecular complexity index is 556. The summed E-state index contributed by atoms with van der Waals surface area (Å²) in [4.78, 5) is 2.11. The lowest BCUT2D eigenvalue weighted by atomic mass is 9.75. The van der Waals surface area contributed by atoms with Gasteiger partial charge in [-0.2, -0.15) is 0 Å². The molecule has 2 N–H and O–H groups in total. The van der Waals surface area contributed by atoms with Gasteiger partial charge in [-0.05, 0) is 27.7 Å². The van der Waals surface area contributed by atoms with Crippen LogP contribution in [0, 0.1) is 5.82 Å². The zero-order valence-corrected chi connectivity index (χ0v) is 14.9. The molecule has 1 aliphatic rings. The summed E-state index contributed by atoms with van der Waals surface area (Å²) in [7, 11) is -1.45. The van der Waals surface area contributed by atoms with Gasteiger partial charge in [0.25, 0.3) is 0 Å². The van der Waals surface area contributed by atoms with Gasteiger partial charge in [-0.15, -0.1) is 0 Å². The van der Waals surface area contributed by atoms with Crippen molar-refractivity contribution in [1.82, 2.24) is 4.90 Å². The van der Waals surface area contributed by atoms with E-state index in [-0.39, 0.29) is 5.46 Å². The van der Waals surface area contributed by atoms with Crippen LogP contribution in [0.2, 0.25) is 0 Å². The van der Waals surface area contributed by atoms with Crippen LogP contribution in [0.1, 0.15) is 33.3 Å². The minimum atomic E-state index is -1.45. The molecule has 0 aliphatic carbocycles. The van der Waals surface area contributed by atoms with E-state index in [2.05, 4.69) is 4.90 Å². The molecular formula is C17H27BFNO4. The van der Waals surface area contributed by atoms with Gasteiger partial charge in [-0.3, -0.25) is 4.90 Å². The molecule has 0 atom stereocenters. The number of halogens is 1. The van der Waals surface area contributed by atoms with Gasteiger partial charge in [0.1, 0.15) is 5.82 Å². The molecule has 5 nitrogen and oxygen atoms in total. The summed E-state index contributed by atoms with van der Waals surface area (Å²) in [6, 6.07) is 4.92. The van der Waals surface area contributed by atoms with Crippen LogP contribution in [0.25, 0.3) is 0 Å². The van der Waals surface area contributed by atoms with Crippen molar-refractivity contribution in [2.24, 2.45) is 0 Å². The molecule has 1 heterocycles. The number of ether oxygens (including phenoxy) is 1. The summed E-state index contributed by atoms with van der Waals surface area (Å²) >= 11 is 0. The van der Waals surface area contributed by atoms with Crippen LogP contribution >= 0.6 is 0 Å². The fraction of sp³-hybridized carbons (Fsp3) is 0.647. The molecular weight excluding hydrogens is 312 g/mol. The van der Waals surface area contributed by atoms with Gasteiger partial charge < -0.3 is 19.5 Å². The van der Waals surface area contributed by atoms with Crippen LogP contribution < -0.4 is 5.46 Å². The first-order chi connectivity index (χ1) is 11.1. The van der Waals surface area contributed by atoms with Gasteiger partial charge in [-0.1, -0.05) is 18.2 Å². The number of nitrogens with zero attached hydrogens (tertiary/aromatic N) is 1. The van der Waals surface area contributed by atoms with Gasteiger partial charge in [0.15, 0.2) is 0 Å². The molecule has 1 saturated heterocycles. The van der Waals surface area contributed by atoms with E-state index in [4.69, 9.17) is 9.39 Å². The molecule has 0 saturated carbocycles. The monoisotopic (exact) mass is 339 g/mol. The minimum absolute atomic E-state index is 0.0816. The second kappa shape index (κ2) is 7.50. The predicted molar refractivity (Wildman–Crippen MR) is 91.6 cm³/mol. The smallest absolute Gasteiger partial charge is 0.423 e. The Morgan fingerprint density at radius 2 is 1.88 bits per heavy atom. The van der Waals surface area contributed by atoms with Gasteiger partial charge in [0.05, 0.1) is 24.4 Å². The maximum atomic E-state index is 14.8. The Balaban J connectivity index is 2.14. The third-order valence-electron chi connectivity index (χ3n) is 4.75. The van der Waals surface area contributed by atoms with E-state index in [9.17, 15) is 14.5 Å². The second-order valence-corrected chi connectivity index (χ2v) is 7.25. The van der Waals surface area contributed by atoms with Crippen molar-refractivity contribution < 1.29 is 23.9 Å². The van der Waals surface area contributed by atoms with Crippen molar-refractivity contribution in [3.63, 3.8) is 0 Å². The highest BCUT2D eigenvalue weighted by Gasteiger charge is 2.40. The SMILES string of the molecule is CC(C)(O)C(C)(C)OB(O)c1cccc(CN2CCOCC2)c1F. The highest BCUT2D eigenvalue weighted by molar-refractivity contribution is 6.60. The van der Waals surface area contributed by atoms with E-state index in [1.165, 1.54) is 6.07 Å². The number of aliphatic hydroxyl groups is 1. The summed E-state index contributed by atoms with van der Waals surface area (Å²) in [6.07, 6.45) is 0. The number of hydrogen-bond donors (Lipinski definition) is 2. The minimum Gasteiger partial charge on any atom is -0.423 e. The first-order valence-corrected chi connectivity index (χ1v) is 8.27. The van der Waals surface area contributed by atoms with E-state index < -0.39 is 24.1 Å². The Kier molecular flexibility index (Phi) is 6.04. The normalized spacial score (nSPS) is 17.1. The molecule has 0 spiro atoms. The van der Waals surface area contributed by atoms with Gasteiger partial charge in [-0.25, -0.2) is 4.39 Å². The van der Waals surface area contributed by atoms with E-state index >= 15 is 0 Å². The predicted octanol–water partition coefficient (Wildman–Crippen LogP) is 0.911. The summed E-state index contributed by atoms with van der Waals surface area (Å²) in [6.45, 7) is 9.76. The number of hydrogen-bond acceptors (Lipinski definition) is 5. The standard InChI is InChI=1S/C17H27BFNO4/c1-16(2,21)17(3,4)24-18(22)14-7-5-6-13(15(14)19)12-20-8-10-23-11-9-20/h5-7,21-22H,8-12H2,1-4H3. The van der Waals surface area contributed by atoms with E-state index in [0.717, 1.165) is 13.1 Å². The summed E-state index contributed by atoms with van der Waals surface area (Å²) < 4.78 is 25.6. The quantitative estimate of drug-likeness (QED) is 0.755. The lowest BCUT2D eigenvalue weighted by Crippen LogP contribution is -2.53. The van der Waals surface area contributed by atoms with E-state index in [1.54, 1.807) is 39.8 Å². The number of morpholine rings is 1. The average molecular weight is 339 g/mol. The number of benzene rings is 1. The summed E-state index contributed by atoms with van der Waals surface area (Å²) in [5.74, 6) is -0.469. The average Bonchev–Trinajstić information content (AvgIpc) is 2.48. The molecule has 0 bridgehead atoms. The largest absolute Gasteiger partial charge is 0.494 e. The zero-order chi connectivity index (χ0) is 18.0.